The average Bonchev–Trinajstić information content (AvgIpc) is 2.83. The number of carbonyl (C=O) groups is 2. The van der Waals surface area contributed by atoms with Crippen molar-refractivity contribution in [2.75, 3.05) is 13.1 Å². The first kappa shape index (κ1) is 29.6. The molecule has 3 heterocycles. The van der Waals surface area contributed by atoms with Crippen LogP contribution in [0.15, 0.2) is 24.3 Å². The number of fused-ring (bicyclic) bond motifs is 1. The third-order valence-electron chi connectivity index (χ3n) is 6.32. The predicted molar refractivity (Wildman–Crippen MR) is 123 cm³/mol. The lowest BCUT2D eigenvalue weighted by molar-refractivity contribution is -0.205. The van der Waals surface area contributed by atoms with Crippen LogP contribution in [-0.2, 0) is 28.7 Å². The number of hydrogen-bond acceptors (Lipinski definition) is 6. The van der Waals surface area contributed by atoms with E-state index in [1.165, 1.54) is 17.0 Å². The molecule has 2 amide bonds. The maximum atomic E-state index is 13.8. The second-order valence-electron chi connectivity index (χ2n) is 9.04. The number of alkyl halides is 5. The van der Waals surface area contributed by atoms with Crippen molar-refractivity contribution in [1.29, 1.82) is 0 Å². The second kappa shape index (κ2) is 11.0. The number of piperidine rings is 1. The summed E-state index contributed by atoms with van der Waals surface area (Å²) in [5.41, 5.74) is 4.74. The lowest BCUT2D eigenvalue weighted by atomic mass is 10.0. The molecule has 0 unspecified atom stereocenters. The zero-order chi connectivity index (χ0) is 27.1. The molecule has 0 saturated carbocycles. The molecular formula is C23H24ClF6N5O3. The summed E-state index contributed by atoms with van der Waals surface area (Å²) >= 11 is 0. The van der Waals surface area contributed by atoms with Gasteiger partial charge in [0.25, 0.3) is 5.92 Å². The van der Waals surface area contributed by atoms with Crippen LogP contribution in [0.5, 0.6) is 0 Å². The molecule has 2 aliphatic rings. The van der Waals surface area contributed by atoms with Crippen molar-refractivity contribution >= 4 is 24.2 Å². The number of likely N-dealkylation sites (tertiary alicyclic amines) is 1. The van der Waals surface area contributed by atoms with Gasteiger partial charge in [0.05, 0.1) is 12.2 Å². The van der Waals surface area contributed by atoms with E-state index in [2.05, 4.69) is 9.97 Å². The number of aromatic nitrogens is 2. The van der Waals surface area contributed by atoms with Crippen LogP contribution in [0.1, 0.15) is 36.2 Å². The lowest BCUT2D eigenvalue weighted by Gasteiger charge is -2.38. The largest absolute Gasteiger partial charge is 0.433 e. The molecule has 0 aliphatic carbocycles. The number of aliphatic hydroxyl groups excluding tert-OH is 1. The molecule has 0 spiro atoms. The molecule has 208 valence electrons. The van der Waals surface area contributed by atoms with Gasteiger partial charge in [-0.25, -0.2) is 23.1 Å². The van der Waals surface area contributed by atoms with Gasteiger partial charge in [0.1, 0.15) is 5.82 Å². The molecule has 8 nitrogen and oxygen atoms in total. The van der Waals surface area contributed by atoms with Gasteiger partial charge in [-0.05, 0) is 30.7 Å². The SMILES string of the molecule is Cl.N[C@@H](CC(=O)N1CCc2c(nc(-c3ccc(F)cc3)nc2C(F)(F)F)C1)CN1C(=O)CCC(F)(F)[C@H]1O. The number of nitrogens with zero attached hydrogens (tertiary/aromatic N) is 4. The minimum Gasteiger partial charge on any atom is -0.368 e. The first-order valence-electron chi connectivity index (χ1n) is 11.4. The van der Waals surface area contributed by atoms with Gasteiger partial charge in [-0.15, -0.1) is 12.4 Å². The summed E-state index contributed by atoms with van der Waals surface area (Å²) in [6.45, 7) is -0.880. The quantitative estimate of drug-likeness (QED) is 0.538. The minimum atomic E-state index is -4.79. The fourth-order valence-electron chi connectivity index (χ4n) is 4.39. The Labute approximate surface area is 219 Å². The highest BCUT2D eigenvalue weighted by Gasteiger charge is 2.48. The number of hydrogen-bond donors (Lipinski definition) is 2. The van der Waals surface area contributed by atoms with Crippen molar-refractivity contribution in [3.8, 4) is 11.4 Å². The normalized spacial score (nSPS) is 20.0. The summed E-state index contributed by atoms with van der Waals surface area (Å²) in [5, 5.41) is 9.81. The Morgan fingerprint density at radius 3 is 2.47 bits per heavy atom. The zero-order valence-electron chi connectivity index (χ0n) is 19.7. The maximum Gasteiger partial charge on any atom is 0.433 e. The van der Waals surface area contributed by atoms with Crippen molar-refractivity contribution in [2.24, 2.45) is 5.73 Å². The fourth-order valence-corrected chi connectivity index (χ4v) is 4.39. The highest BCUT2D eigenvalue weighted by molar-refractivity contribution is 5.85. The van der Waals surface area contributed by atoms with Crippen molar-refractivity contribution in [3.05, 3.63) is 47.0 Å². The summed E-state index contributed by atoms with van der Waals surface area (Å²) in [6.07, 6.45) is -9.03. The molecule has 1 saturated heterocycles. The van der Waals surface area contributed by atoms with Crippen molar-refractivity contribution in [1.82, 2.24) is 19.8 Å². The number of nitrogens with two attached hydrogens (primary N) is 1. The molecule has 1 aromatic heterocycles. The molecular weight excluding hydrogens is 544 g/mol. The van der Waals surface area contributed by atoms with Gasteiger partial charge in [-0.3, -0.25) is 9.59 Å². The molecule has 0 bridgehead atoms. The summed E-state index contributed by atoms with van der Waals surface area (Å²) in [5.74, 6) is -5.69. The first-order chi connectivity index (χ1) is 17.3. The molecule has 0 radical (unpaired) electrons. The van der Waals surface area contributed by atoms with Crippen LogP contribution in [0.25, 0.3) is 11.4 Å². The highest BCUT2D eigenvalue weighted by atomic mass is 35.5. The van der Waals surface area contributed by atoms with Gasteiger partial charge >= 0.3 is 6.18 Å². The monoisotopic (exact) mass is 567 g/mol. The standard InChI is InChI=1S/C23H23F6N5O3.ClH/c24-13-3-1-12(2-4-13)20-31-16-11-33(8-6-15(16)19(32-20)23(27,28)29)18(36)9-14(30)10-34-17(35)5-7-22(25,26)21(34)37;/h1-4,14,21,37H,5-11,30H2;1H/t14-,21+;/m0./s1. The van der Waals surface area contributed by atoms with Crippen LogP contribution in [-0.4, -0.2) is 68.0 Å². The van der Waals surface area contributed by atoms with E-state index in [9.17, 15) is 41.0 Å². The van der Waals surface area contributed by atoms with Gasteiger partial charge < -0.3 is 20.6 Å². The number of benzene rings is 1. The Morgan fingerprint density at radius 2 is 1.84 bits per heavy atom. The van der Waals surface area contributed by atoms with Crippen LogP contribution in [0.4, 0.5) is 26.3 Å². The number of aliphatic hydroxyl groups is 1. The van der Waals surface area contributed by atoms with E-state index in [-0.39, 0.29) is 54.6 Å². The zero-order valence-corrected chi connectivity index (χ0v) is 20.5. The molecule has 2 aliphatic heterocycles. The molecule has 15 heteroatoms. The average molecular weight is 568 g/mol. The lowest BCUT2D eigenvalue weighted by Crippen LogP contribution is -2.58. The highest BCUT2D eigenvalue weighted by Crippen LogP contribution is 2.36. The van der Waals surface area contributed by atoms with E-state index >= 15 is 0 Å². The van der Waals surface area contributed by atoms with Crippen LogP contribution in [0.3, 0.4) is 0 Å². The Bertz CT molecular complexity index is 1200. The van der Waals surface area contributed by atoms with Crippen LogP contribution < -0.4 is 5.73 Å². The van der Waals surface area contributed by atoms with Crippen molar-refractivity contribution in [2.45, 2.75) is 56.6 Å². The molecule has 4 rings (SSSR count). The van der Waals surface area contributed by atoms with E-state index < -0.39 is 73.5 Å². The Balaban J connectivity index is 0.00000400. The van der Waals surface area contributed by atoms with E-state index in [4.69, 9.17) is 5.73 Å². The van der Waals surface area contributed by atoms with Gasteiger partial charge in [-0.2, -0.15) is 13.2 Å². The molecule has 1 fully saturated rings. The minimum absolute atomic E-state index is 0. The van der Waals surface area contributed by atoms with Gasteiger partial charge in [0, 0.05) is 49.5 Å². The van der Waals surface area contributed by atoms with Crippen LogP contribution in [0, 0.1) is 5.82 Å². The summed E-state index contributed by atoms with van der Waals surface area (Å²) in [6, 6.07) is 3.49. The van der Waals surface area contributed by atoms with E-state index in [0.29, 0.717) is 4.90 Å². The number of halogens is 7. The maximum absolute atomic E-state index is 13.8. The van der Waals surface area contributed by atoms with Crippen molar-refractivity contribution in [3.63, 3.8) is 0 Å². The smallest absolute Gasteiger partial charge is 0.368 e. The van der Waals surface area contributed by atoms with E-state index in [0.717, 1.165) is 12.1 Å². The summed E-state index contributed by atoms with van der Waals surface area (Å²) in [7, 11) is 0. The van der Waals surface area contributed by atoms with Gasteiger partial charge in [-0.1, -0.05) is 0 Å². The second-order valence-corrected chi connectivity index (χ2v) is 9.04. The number of amides is 2. The molecule has 1 aromatic carbocycles. The first-order valence-corrected chi connectivity index (χ1v) is 11.4. The Morgan fingerprint density at radius 1 is 1.18 bits per heavy atom. The van der Waals surface area contributed by atoms with E-state index in [1.54, 1.807) is 0 Å². The molecule has 38 heavy (non-hydrogen) atoms. The Kier molecular flexibility index (Phi) is 8.58. The number of rotatable bonds is 5. The van der Waals surface area contributed by atoms with Crippen LogP contribution in [0.2, 0.25) is 0 Å². The summed E-state index contributed by atoms with van der Waals surface area (Å²) < 4.78 is 82.1. The predicted octanol–water partition coefficient (Wildman–Crippen LogP) is 2.90. The Hall–Kier alpha value is -2.97. The third-order valence-corrected chi connectivity index (χ3v) is 6.32. The molecule has 3 N–H and O–H groups in total. The van der Waals surface area contributed by atoms with E-state index in [1.807, 2.05) is 0 Å². The van der Waals surface area contributed by atoms with Crippen molar-refractivity contribution < 1.29 is 41.0 Å². The fraction of sp³-hybridized carbons (Fsp3) is 0.478. The topological polar surface area (TPSA) is 113 Å². The van der Waals surface area contributed by atoms with Crippen LogP contribution >= 0.6 is 12.4 Å². The number of carbonyl (C=O) groups excluding carboxylic acids is 2. The van der Waals surface area contributed by atoms with Gasteiger partial charge in [0.2, 0.25) is 11.8 Å². The third kappa shape index (κ3) is 6.18. The molecule has 2 atom stereocenters. The van der Waals surface area contributed by atoms with Gasteiger partial charge in [0.15, 0.2) is 17.7 Å². The molecule has 2 aromatic rings. The summed E-state index contributed by atoms with van der Waals surface area (Å²) in [4.78, 5) is 34.5.